The van der Waals surface area contributed by atoms with Gasteiger partial charge < -0.3 is 16.0 Å². The minimum Gasteiger partial charge on any atom is -0.383 e. The van der Waals surface area contributed by atoms with Gasteiger partial charge in [0.05, 0.1) is 0 Å². The van der Waals surface area contributed by atoms with Crippen LogP contribution in [0.15, 0.2) is 35.5 Å². The number of anilines is 3. The zero-order valence-corrected chi connectivity index (χ0v) is 17.0. The maximum atomic E-state index is 12.9. The van der Waals surface area contributed by atoms with Gasteiger partial charge in [0, 0.05) is 47.3 Å². The Balaban J connectivity index is 1.65. The van der Waals surface area contributed by atoms with Gasteiger partial charge >= 0.3 is 0 Å². The molecule has 1 aliphatic carbocycles. The lowest BCUT2D eigenvalue weighted by atomic mass is 9.76. The van der Waals surface area contributed by atoms with Gasteiger partial charge in [0.1, 0.15) is 11.6 Å². The molecule has 1 atom stereocenters. The van der Waals surface area contributed by atoms with E-state index in [0.29, 0.717) is 23.2 Å². The standard InChI is InChI=1S/C22H24ClN5O/c23-14-9-7-13(8-10-14)17-18-15(5-4-6-16(18)29)25-21-19(17)20(24)26-22(27-21)28-11-2-1-3-12-28/h7-10,17H,1-6,11-12H2,(H3,24,25,26,27)/t17-/m1/s1. The van der Waals surface area contributed by atoms with E-state index >= 15 is 0 Å². The third kappa shape index (κ3) is 3.25. The zero-order chi connectivity index (χ0) is 20.0. The Morgan fingerprint density at radius 2 is 1.79 bits per heavy atom. The summed E-state index contributed by atoms with van der Waals surface area (Å²) in [5, 5.41) is 4.10. The van der Waals surface area contributed by atoms with Crippen molar-refractivity contribution in [3.8, 4) is 0 Å². The van der Waals surface area contributed by atoms with Crippen molar-refractivity contribution in [3.63, 3.8) is 0 Å². The molecule has 1 fully saturated rings. The van der Waals surface area contributed by atoms with Crippen LogP contribution >= 0.6 is 11.6 Å². The van der Waals surface area contributed by atoms with Gasteiger partial charge in [-0.1, -0.05) is 23.7 Å². The maximum absolute atomic E-state index is 12.9. The van der Waals surface area contributed by atoms with Gasteiger partial charge in [-0.2, -0.15) is 9.97 Å². The summed E-state index contributed by atoms with van der Waals surface area (Å²) in [7, 11) is 0. The predicted molar refractivity (Wildman–Crippen MR) is 115 cm³/mol. The molecule has 2 aliphatic heterocycles. The van der Waals surface area contributed by atoms with E-state index in [4.69, 9.17) is 22.3 Å². The molecule has 7 heteroatoms. The summed E-state index contributed by atoms with van der Waals surface area (Å²) in [6.07, 6.45) is 5.79. The minimum absolute atomic E-state index is 0.170. The molecule has 150 valence electrons. The number of Topliss-reactive ketones (excluding diaryl/α,β-unsaturated/α-hetero) is 1. The van der Waals surface area contributed by atoms with Gasteiger partial charge in [-0.25, -0.2) is 0 Å². The molecule has 6 nitrogen and oxygen atoms in total. The normalized spacial score (nSPS) is 21.5. The number of nitrogens with one attached hydrogen (secondary N) is 1. The molecule has 0 spiro atoms. The molecule has 1 saturated heterocycles. The van der Waals surface area contributed by atoms with Crippen LogP contribution < -0.4 is 16.0 Å². The smallest absolute Gasteiger partial charge is 0.229 e. The van der Waals surface area contributed by atoms with E-state index in [1.54, 1.807) is 0 Å². The van der Waals surface area contributed by atoms with Crippen molar-refractivity contribution in [1.29, 1.82) is 0 Å². The van der Waals surface area contributed by atoms with E-state index in [1.165, 1.54) is 6.42 Å². The lowest BCUT2D eigenvalue weighted by Crippen LogP contribution is -2.33. The van der Waals surface area contributed by atoms with Crippen molar-refractivity contribution in [2.45, 2.75) is 44.4 Å². The third-order valence-corrected chi connectivity index (χ3v) is 6.36. The Morgan fingerprint density at radius 3 is 2.55 bits per heavy atom. The predicted octanol–water partition coefficient (Wildman–Crippen LogP) is 4.27. The Kier molecular flexibility index (Phi) is 4.66. The van der Waals surface area contributed by atoms with Crippen LogP contribution in [-0.4, -0.2) is 28.8 Å². The molecular weight excluding hydrogens is 386 g/mol. The van der Waals surface area contributed by atoms with E-state index in [2.05, 4.69) is 15.2 Å². The quantitative estimate of drug-likeness (QED) is 0.770. The Morgan fingerprint density at radius 1 is 1.03 bits per heavy atom. The first-order valence-corrected chi connectivity index (χ1v) is 10.7. The van der Waals surface area contributed by atoms with E-state index in [9.17, 15) is 4.79 Å². The van der Waals surface area contributed by atoms with Crippen LogP contribution in [0.5, 0.6) is 0 Å². The van der Waals surface area contributed by atoms with E-state index < -0.39 is 0 Å². The summed E-state index contributed by atoms with van der Waals surface area (Å²) in [5.74, 6) is 1.75. The largest absolute Gasteiger partial charge is 0.383 e. The number of nitrogen functional groups attached to an aromatic ring is 1. The SMILES string of the molecule is Nc1nc(N2CCCCC2)nc2c1[C@H](c1ccc(Cl)cc1)C1=C(CCCC1=O)N2. The fourth-order valence-electron chi connectivity index (χ4n) is 4.69. The summed E-state index contributed by atoms with van der Waals surface area (Å²) in [5.41, 5.74) is 10.0. The molecule has 1 aromatic carbocycles. The fraction of sp³-hybridized carbons (Fsp3) is 0.409. The number of nitrogens with zero attached hydrogens (tertiary/aromatic N) is 3. The van der Waals surface area contributed by atoms with Gasteiger partial charge in [0.25, 0.3) is 0 Å². The van der Waals surface area contributed by atoms with Gasteiger partial charge in [-0.15, -0.1) is 0 Å². The molecule has 0 radical (unpaired) electrons. The molecule has 0 saturated carbocycles. The number of rotatable bonds is 2. The number of fused-ring (bicyclic) bond motifs is 1. The number of benzene rings is 1. The topological polar surface area (TPSA) is 84.1 Å². The van der Waals surface area contributed by atoms with Crippen LogP contribution in [0.25, 0.3) is 0 Å². The number of piperidine rings is 1. The monoisotopic (exact) mass is 409 g/mol. The van der Waals surface area contributed by atoms with Gasteiger partial charge in [0.15, 0.2) is 5.78 Å². The summed E-state index contributed by atoms with van der Waals surface area (Å²) in [4.78, 5) is 24.6. The number of carbonyl (C=O) groups is 1. The minimum atomic E-state index is -0.262. The first-order valence-electron chi connectivity index (χ1n) is 10.3. The highest BCUT2D eigenvalue weighted by Crippen LogP contribution is 2.47. The van der Waals surface area contributed by atoms with Crippen LogP contribution in [0.4, 0.5) is 17.6 Å². The number of halogens is 1. The average Bonchev–Trinajstić information content (AvgIpc) is 2.74. The molecule has 0 amide bonds. The molecule has 0 unspecified atom stereocenters. The van der Waals surface area contributed by atoms with Crippen molar-refractivity contribution in [1.82, 2.24) is 9.97 Å². The number of nitrogens with two attached hydrogens (primary N) is 1. The van der Waals surface area contributed by atoms with Crippen LogP contribution in [0.3, 0.4) is 0 Å². The first-order chi connectivity index (χ1) is 14.1. The Hall–Kier alpha value is -2.60. The van der Waals surface area contributed by atoms with E-state index in [-0.39, 0.29) is 11.7 Å². The van der Waals surface area contributed by atoms with Gasteiger partial charge in [-0.3, -0.25) is 4.79 Å². The molecule has 3 N–H and O–H groups in total. The van der Waals surface area contributed by atoms with Crippen LogP contribution in [0.1, 0.15) is 55.6 Å². The summed E-state index contributed by atoms with van der Waals surface area (Å²) >= 11 is 6.11. The van der Waals surface area contributed by atoms with Crippen molar-refractivity contribution in [3.05, 3.63) is 51.7 Å². The lowest BCUT2D eigenvalue weighted by molar-refractivity contribution is -0.116. The van der Waals surface area contributed by atoms with Crippen LogP contribution in [0.2, 0.25) is 5.02 Å². The third-order valence-electron chi connectivity index (χ3n) is 6.11. The fourth-order valence-corrected chi connectivity index (χ4v) is 4.82. The second-order valence-corrected chi connectivity index (χ2v) is 8.43. The number of aromatic nitrogens is 2. The van der Waals surface area contributed by atoms with Crippen LogP contribution in [-0.2, 0) is 4.79 Å². The van der Waals surface area contributed by atoms with E-state index in [1.807, 2.05) is 24.3 Å². The Bertz CT molecular complexity index is 995. The highest BCUT2D eigenvalue weighted by atomic mass is 35.5. The van der Waals surface area contributed by atoms with Crippen molar-refractivity contribution in [2.75, 3.05) is 29.0 Å². The zero-order valence-electron chi connectivity index (χ0n) is 16.2. The average molecular weight is 410 g/mol. The van der Waals surface area contributed by atoms with Crippen molar-refractivity contribution in [2.24, 2.45) is 0 Å². The number of carbonyl (C=O) groups excluding carboxylic acids is 1. The lowest BCUT2D eigenvalue weighted by Gasteiger charge is -2.35. The molecule has 29 heavy (non-hydrogen) atoms. The van der Waals surface area contributed by atoms with Gasteiger partial charge in [-0.05, 0) is 49.8 Å². The molecule has 0 bridgehead atoms. The summed E-state index contributed by atoms with van der Waals surface area (Å²) in [6, 6.07) is 7.63. The number of ketones is 1. The van der Waals surface area contributed by atoms with Gasteiger partial charge in [0.2, 0.25) is 5.95 Å². The highest BCUT2D eigenvalue weighted by molar-refractivity contribution is 6.30. The van der Waals surface area contributed by atoms with E-state index in [0.717, 1.165) is 67.0 Å². The maximum Gasteiger partial charge on any atom is 0.229 e. The Labute approximate surface area is 175 Å². The number of hydrogen-bond donors (Lipinski definition) is 2. The molecule has 1 aromatic heterocycles. The van der Waals surface area contributed by atoms with Crippen molar-refractivity contribution < 1.29 is 4.79 Å². The first kappa shape index (κ1) is 18.4. The van der Waals surface area contributed by atoms with Crippen molar-refractivity contribution >= 4 is 35.0 Å². The molecule has 2 aromatic rings. The molecule has 3 aliphatic rings. The second kappa shape index (κ2) is 7.34. The number of hydrogen-bond acceptors (Lipinski definition) is 6. The molecular formula is C22H24ClN5O. The number of allylic oxidation sites excluding steroid dienone is 2. The molecule has 5 rings (SSSR count). The highest BCUT2D eigenvalue weighted by Gasteiger charge is 2.38. The summed E-state index contributed by atoms with van der Waals surface area (Å²) in [6.45, 7) is 1.90. The van der Waals surface area contributed by atoms with Crippen LogP contribution in [0, 0.1) is 0 Å². The second-order valence-electron chi connectivity index (χ2n) is 8.00. The molecule has 3 heterocycles. The summed E-state index contributed by atoms with van der Waals surface area (Å²) < 4.78 is 0.